The van der Waals surface area contributed by atoms with Crippen LogP contribution in [0.5, 0.6) is 0 Å². The summed E-state index contributed by atoms with van der Waals surface area (Å²) >= 11 is 6.19. The summed E-state index contributed by atoms with van der Waals surface area (Å²) in [4.78, 5) is 0. The van der Waals surface area contributed by atoms with Crippen LogP contribution in [0.3, 0.4) is 0 Å². The monoisotopic (exact) mass is 303 g/mol. The summed E-state index contributed by atoms with van der Waals surface area (Å²) in [6.07, 6.45) is 0. The van der Waals surface area contributed by atoms with Gasteiger partial charge >= 0.3 is 0 Å². The van der Waals surface area contributed by atoms with Crippen LogP contribution in [0.25, 0.3) is 11.0 Å². The summed E-state index contributed by atoms with van der Waals surface area (Å²) in [5.41, 5.74) is 2.29. The molecule has 2 nitrogen and oxygen atoms in total. The summed E-state index contributed by atoms with van der Waals surface area (Å²) < 4.78 is 19.5. The third-order valence-corrected chi connectivity index (χ3v) is 4.12. The molecule has 21 heavy (non-hydrogen) atoms. The van der Waals surface area contributed by atoms with E-state index in [0.717, 1.165) is 16.5 Å². The maximum Gasteiger partial charge on any atom is 0.169 e. The molecule has 2 aromatic carbocycles. The SMILES string of the molecule is CNC(c1cc2cccc(F)c2o1)c1cccc(Cl)c1C. The van der Waals surface area contributed by atoms with E-state index in [9.17, 15) is 4.39 Å². The molecule has 0 radical (unpaired) electrons. The van der Waals surface area contributed by atoms with E-state index in [4.69, 9.17) is 16.0 Å². The largest absolute Gasteiger partial charge is 0.456 e. The predicted molar refractivity (Wildman–Crippen MR) is 83.3 cm³/mol. The Labute approximate surface area is 127 Å². The number of hydrogen-bond donors (Lipinski definition) is 1. The van der Waals surface area contributed by atoms with Crippen LogP contribution in [-0.2, 0) is 0 Å². The lowest BCUT2D eigenvalue weighted by atomic mass is 9.99. The third kappa shape index (κ3) is 2.43. The molecule has 1 heterocycles. The zero-order valence-corrected chi connectivity index (χ0v) is 12.5. The Morgan fingerprint density at radius 1 is 1.19 bits per heavy atom. The fraction of sp³-hybridized carbons (Fsp3) is 0.176. The lowest BCUT2D eigenvalue weighted by Gasteiger charge is -2.17. The number of benzene rings is 2. The molecule has 1 atom stereocenters. The van der Waals surface area contributed by atoms with E-state index in [1.807, 2.05) is 44.3 Å². The van der Waals surface area contributed by atoms with Crippen LogP contribution in [0.15, 0.2) is 46.9 Å². The molecule has 4 heteroatoms. The lowest BCUT2D eigenvalue weighted by Crippen LogP contribution is -2.18. The molecule has 108 valence electrons. The van der Waals surface area contributed by atoms with Crippen molar-refractivity contribution in [3.05, 3.63) is 70.2 Å². The number of rotatable bonds is 3. The van der Waals surface area contributed by atoms with Gasteiger partial charge in [0.05, 0.1) is 6.04 Å². The first-order chi connectivity index (χ1) is 10.1. The zero-order valence-electron chi connectivity index (χ0n) is 11.8. The smallest absolute Gasteiger partial charge is 0.169 e. The van der Waals surface area contributed by atoms with Crippen LogP contribution in [0.1, 0.15) is 22.9 Å². The van der Waals surface area contributed by atoms with Gasteiger partial charge in [-0.05, 0) is 43.3 Å². The second kappa shape index (κ2) is 5.51. The van der Waals surface area contributed by atoms with Crippen molar-refractivity contribution in [1.29, 1.82) is 0 Å². The number of nitrogens with one attached hydrogen (secondary N) is 1. The van der Waals surface area contributed by atoms with Gasteiger partial charge in [-0.25, -0.2) is 4.39 Å². The van der Waals surface area contributed by atoms with Gasteiger partial charge in [0, 0.05) is 10.4 Å². The van der Waals surface area contributed by atoms with Gasteiger partial charge in [0.15, 0.2) is 11.4 Å². The Kier molecular flexibility index (Phi) is 3.70. The van der Waals surface area contributed by atoms with Gasteiger partial charge < -0.3 is 9.73 Å². The highest BCUT2D eigenvalue weighted by atomic mass is 35.5. The summed E-state index contributed by atoms with van der Waals surface area (Å²) in [6.45, 7) is 1.96. The van der Waals surface area contributed by atoms with Gasteiger partial charge in [0.1, 0.15) is 5.76 Å². The molecule has 0 amide bonds. The van der Waals surface area contributed by atoms with Crippen molar-refractivity contribution in [2.24, 2.45) is 0 Å². The Morgan fingerprint density at radius 3 is 2.67 bits per heavy atom. The van der Waals surface area contributed by atoms with Crippen molar-refractivity contribution in [1.82, 2.24) is 5.32 Å². The van der Waals surface area contributed by atoms with Gasteiger partial charge in [-0.1, -0.05) is 35.9 Å². The fourth-order valence-electron chi connectivity index (χ4n) is 2.58. The number of hydrogen-bond acceptors (Lipinski definition) is 2. The lowest BCUT2D eigenvalue weighted by molar-refractivity contribution is 0.476. The minimum absolute atomic E-state index is 0.171. The van der Waals surface area contributed by atoms with Crippen molar-refractivity contribution >= 4 is 22.6 Å². The highest BCUT2D eigenvalue weighted by Gasteiger charge is 2.20. The minimum atomic E-state index is -0.351. The van der Waals surface area contributed by atoms with E-state index >= 15 is 0 Å². The van der Waals surface area contributed by atoms with E-state index in [2.05, 4.69) is 5.32 Å². The number of para-hydroxylation sites is 1. The normalized spacial score (nSPS) is 12.8. The number of furan rings is 1. The van der Waals surface area contributed by atoms with Crippen LogP contribution in [-0.4, -0.2) is 7.05 Å². The molecule has 1 unspecified atom stereocenters. The van der Waals surface area contributed by atoms with Crippen LogP contribution >= 0.6 is 11.6 Å². The maximum atomic E-state index is 13.8. The molecule has 0 aliphatic carbocycles. The van der Waals surface area contributed by atoms with Gasteiger partial charge in [-0.2, -0.15) is 0 Å². The molecule has 0 saturated heterocycles. The molecular formula is C17H15ClFNO. The Balaban J connectivity index is 2.14. The van der Waals surface area contributed by atoms with Gasteiger partial charge in [-0.3, -0.25) is 0 Å². The second-order valence-electron chi connectivity index (χ2n) is 4.98. The number of fused-ring (bicyclic) bond motifs is 1. The van der Waals surface area contributed by atoms with E-state index < -0.39 is 0 Å². The Morgan fingerprint density at radius 2 is 1.95 bits per heavy atom. The molecule has 1 aromatic heterocycles. The van der Waals surface area contributed by atoms with Crippen LogP contribution in [0.4, 0.5) is 4.39 Å². The van der Waals surface area contributed by atoms with Crippen molar-refractivity contribution in [2.45, 2.75) is 13.0 Å². The molecule has 0 saturated carbocycles. The molecule has 3 rings (SSSR count). The quantitative estimate of drug-likeness (QED) is 0.749. The highest BCUT2D eigenvalue weighted by Crippen LogP contribution is 2.32. The van der Waals surface area contributed by atoms with Crippen molar-refractivity contribution in [3.63, 3.8) is 0 Å². The minimum Gasteiger partial charge on any atom is -0.456 e. The Hall–Kier alpha value is -1.84. The standard InChI is InChI=1S/C17H15ClFNO/c1-10-12(6-4-7-13(10)18)16(20-2)15-9-11-5-3-8-14(19)17(11)21-15/h3-9,16,20H,1-2H3. The van der Waals surface area contributed by atoms with Crippen LogP contribution in [0.2, 0.25) is 5.02 Å². The van der Waals surface area contributed by atoms with Gasteiger partial charge in [-0.15, -0.1) is 0 Å². The molecular weight excluding hydrogens is 289 g/mol. The first-order valence-corrected chi connectivity index (χ1v) is 7.10. The molecule has 0 bridgehead atoms. The molecule has 0 aliphatic heterocycles. The summed E-state index contributed by atoms with van der Waals surface area (Å²) in [6, 6.07) is 12.3. The van der Waals surface area contributed by atoms with Gasteiger partial charge in [0.25, 0.3) is 0 Å². The molecule has 0 aliphatic rings. The van der Waals surface area contributed by atoms with Crippen molar-refractivity contribution in [2.75, 3.05) is 7.05 Å². The Bertz CT molecular complexity index is 797. The molecule has 0 spiro atoms. The summed E-state index contributed by atoms with van der Waals surface area (Å²) in [5.74, 6) is 0.319. The fourth-order valence-corrected chi connectivity index (χ4v) is 2.76. The topological polar surface area (TPSA) is 25.2 Å². The number of halogens is 2. The van der Waals surface area contributed by atoms with E-state index in [-0.39, 0.29) is 17.4 Å². The zero-order chi connectivity index (χ0) is 15.0. The van der Waals surface area contributed by atoms with Crippen molar-refractivity contribution in [3.8, 4) is 0 Å². The maximum absolute atomic E-state index is 13.8. The van der Waals surface area contributed by atoms with E-state index in [0.29, 0.717) is 10.8 Å². The summed E-state index contributed by atoms with van der Waals surface area (Å²) in [7, 11) is 1.84. The summed E-state index contributed by atoms with van der Waals surface area (Å²) in [5, 5.41) is 4.67. The highest BCUT2D eigenvalue weighted by molar-refractivity contribution is 6.31. The van der Waals surface area contributed by atoms with E-state index in [1.54, 1.807) is 6.07 Å². The average molecular weight is 304 g/mol. The average Bonchev–Trinajstić information content (AvgIpc) is 2.89. The molecule has 0 fully saturated rings. The van der Waals surface area contributed by atoms with E-state index in [1.165, 1.54) is 6.07 Å². The van der Waals surface area contributed by atoms with Gasteiger partial charge in [0.2, 0.25) is 0 Å². The molecule has 1 N–H and O–H groups in total. The second-order valence-corrected chi connectivity index (χ2v) is 5.39. The van der Waals surface area contributed by atoms with Crippen molar-refractivity contribution < 1.29 is 8.81 Å². The third-order valence-electron chi connectivity index (χ3n) is 3.71. The first kappa shape index (κ1) is 14.1. The molecule has 3 aromatic rings. The predicted octanol–water partition coefficient (Wildman–Crippen LogP) is 4.84. The first-order valence-electron chi connectivity index (χ1n) is 6.72. The van der Waals surface area contributed by atoms with Crippen LogP contribution in [0, 0.1) is 12.7 Å². The van der Waals surface area contributed by atoms with Crippen LogP contribution < -0.4 is 5.32 Å².